The highest BCUT2D eigenvalue weighted by Gasteiger charge is 2.68. The molecule has 3 saturated heterocycles. The summed E-state index contributed by atoms with van der Waals surface area (Å²) in [5.74, 6) is 1.13. The average Bonchev–Trinajstić information content (AvgIpc) is 3.66. The van der Waals surface area contributed by atoms with Gasteiger partial charge in [0.15, 0.2) is 18.9 Å². The third-order valence-corrected chi connectivity index (χ3v) is 15.9. The molecule has 4 aliphatic heterocycles. The van der Waals surface area contributed by atoms with E-state index >= 15 is 0 Å². The minimum atomic E-state index is -0.996. The first-order chi connectivity index (χ1) is 25.6. The quantitative estimate of drug-likeness (QED) is 0.188. The predicted molar refractivity (Wildman–Crippen MR) is 191 cm³/mol. The predicted octanol–water partition coefficient (Wildman–Crippen LogP) is 3.25. The molecule has 7 fully saturated rings. The summed E-state index contributed by atoms with van der Waals surface area (Å²) in [4.78, 5) is 11.9. The van der Waals surface area contributed by atoms with Gasteiger partial charge in [-0.3, -0.25) is 0 Å². The van der Waals surface area contributed by atoms with Gasteiger partial charge in [0.25, 0.3) is 0 Å². The van der Waals surface area contributed by atoms with Crippen LogP contribution in [0.5, 0.6) is 0 Å². The van der Waals surface area contributed by atoms with E-state index in [4.69, 9.17) is 33.2 Å². The van der Waals surface area contributed by atoms with Gasteiger partial charge in [0.1, 0.15) is 24.9 Å². The number of hydrogen-bond donors (Lipinski definition) is 5. The van der Waals surface area contributed by atoms with E-state index in [0.29, 0.717) is 18.4 Å². The number of fused-ring (bicyclic) bond motifs is 5. The lowest BCUT2D eigenvalue weighted by molar-refractivity contribution is -0.336. The van der Waals surface area contributed by atoms with Gasteiger partial charge >= 0.3 is 5.97 Å². The van der Waals surface area contributed by atoms with Gasteiger partial charge in [0.05, 0.1) is 48.3 Å². The Morgan fingerprint density at radius 1 is 0.685 bits per heavy atom. The third kappa shape index (κ3) is 6.82. The van der Waals surface area contributed by atoms with Crippen LogP contribution in [0.1, 0.15) is 112 Å². The first kappa shape index (κ1) is 39.6. The Morgan fingerprint density at radius 2 is 1.30 bits per heavy atom. The minimum absolute atomic E-state index is 0.0243. The molecule has 4 aliphatic carbocycles. The summed E-state index contributed by atoms with van der Waals surface area (Å²) in [5, 5.41) is 55.0. The Morgan fingerprint density at radius 3 is 1.89 bits per heavy atom. The standard InChI is InChI=1S/C41H64O13/c1-20-36(46)29(42)16-34(49-20)53-38-22(3)51-35(18-31(38)44)54-37-21(2)50-33(17-30(37)43)52-25-8-11-39(4)24(15-25)6-7-28-27(39)9-12-40(5)26(10-13-41(28,40)47)23-14-32(45)48-19-23/h14,20-22,24-31,33-38,42-44,46-47H,6-13,15-19H2,1-5H3/t20?,21?,22?,24-,25-,26+,27?,28+,29+,30+,31+,33-,34-,35-,36+,37+,38+,39?,40?,41-/m0/s1. The molecule has 0 bridgehead atoms. The van der Waals surface area contributed by atoms with Crippen molar-refractivity contribution in [2.24, 2.45) is 34.5 Å². The SMILES string of the molecule is CC1O[C@@H](O[C@@H]2C(C)O[C@@H](O[C@@H]3C(C)O[C@@H](O[C@H]4CCC5(C)C6CCC7(C)[C@@H](C8=CC(=O)OC8)CC[C@]7(O)[C@@H]6CC[C@H]5C4)C[C@H]3O)C[C@H]2O)C[C@@H](O)[C@@H]1O. The molecule has 0 amide bonds. The van der Waals surface area contributed by atoms with E-state index in [1.54, 1.807) is 19.9 Å². The molecule has 0 radical (unpaired) electrons. The highest BCUT2D eigenvalue weighted by Crippen LogP contribution is 2.70. The first-order valence-electron chi connectivity index (χ1n) is 20.8. The number of carbonyl (C=O) groups is 1. The summed E-state index contributed by atoms with van der Waals surface area (Å²) < 4.78 is 42.2. The summed E-state index contributed by atoms with van der Waals surface area (Å²) >= 11 is 0. The van der Waals surface area contributed by atoms with Crippen molar-refractivity contribution in [3.63, 3.8) is 0 Å². The van der Waals surface area contributed by atoms with Crippen molar-refractivity contribution >= 4 is 5.97 Å². The molecule has 4 saturated carbocycles. The lowest BCUT2D eigenvalue weighted by atomic mass is 9.43. The zero-order chi connectivity index (χ0) is 38.3. The molecule has 0 aromatic carbocycles. The molecule has 4 heterocycles. The van der Waals surface area contributed by atoms with E-state index < -0.39 is 79.4 Å². The van der Waals surface area contributed by atoms with Gasteiger partial charge in [-0.15, -0.1) is 0 Å². The third-order valence-electron chi connectivity index (χ3n) is 15.9. The monoisotopic (exact) mass is 764 g/mol. The number of hydrogen-bond acceptors (Lipinski definition) is 13. The summed E-state index contributed by atoms with van der Waals surface area (Å²) in [6.07, 6.45) is 1.90. The molecule has 5 N–H and O–H groups in total. The largest absolute Gasteiger partial charge is 0.458 e. The second-order valence-corrected chi connectivity index (χ2v) is 18.7. The number of esters is 1. The summed E-state index contributed by atoms with van der Waals surface area (Å²) in [5.41, 5.74) is 0.215. The fourth-order valence-corrected chi connectivity index (χ4v) is 12.8. The highest BCUT2D eigenvalue weighted by molar-refractivity contribution is 5.85. The maximum Gasteiger partial charge on any atom is 0.331 e. The second kappa shape index (κ2) is 14.9. The molecule has 0 aromatic heterocycles. The van der Waals surface area contributed by atoms with Gasteiger partial charge in [-0.1, -0.05) is 13.8 Å². The van der Waals surface area contributed by atoms with Crippen LogP contribution in [0, 0.1) is 34.5 Å². The van der Waals surface area contributed by atoms with E-state index in [0.717, 1.165) is 63.4 Å². The van der Waals surface area contributed by atoms with Gasteiger partial charge in [0.2, 0.25) is 0 Å². The van der Waals surface area contributed by atoms with Crippen LogP contribution in [0.3, 0.4) is 0 Å². The van der Waals surface area contributed by atoms with Gasteiger partial charge in [-0.25, -0.2) is 4.79 Å². The lowest BCUT2D eigenvalue weighted by Crippen LogP contribution is -2.62. The van der Waals surface area contributed by atoms with Gasteiger partial charge < -0.3 is 58.7 Å². The number of cyclic esters (lactones) is 1. The molecule has 54 heavy (non-hydrogen) atoms. The normalized spacial score (nSPS) is 55.0. The van der Waals surface area contributed by atoms with Crippen LogP contribution in [-0.4, -0.2) is 124 Å². The maximum absolute atomic E-state index is 12.6. The van der Waals surface area contributed by atoms with Crippen LogP contribution in [0.2, 0.25) is 0 Å². The molecule has 6 unspecified atom stereocenters. The molecule has 0 spiro atoms. The molecule has 306 valence electrons. The second-order valence-electron chi connectivity index (χ2n) is 18.7. The lowest BCUT2D eigenvalue weighted by Gasteiger charge is -2.64. The van der Waals surface area contributed by atoms with E-state index in [2.05, 4.69) is 13.8 Å². The van der Waals surface area contributed by atoms with Gasteiger partial charge in [-0.2, -0.15) is 0 Å². The smallest absolute Gasteiger partial charge is 0.331 e. The minimum Gasteiger partial charge on any atom is -0.458 e. The molecule has 8 rings (SSSR count). The number of ether oxygens (including phenoxy) is 7. The fourth-order valence-electron chi connectivity index (χ4n) is 12.8. The maximum atomic E-state index is 12.6. The zero-order valence-corrected chi connectivity index (χ0v) is 32.6. The topological polar surface area (TPSA) is 183 Å². The Kier molecular flexibility index (Phi) is 10.9. The Balaban J connectivity index is 0.826. The van der Waals surface area contributed by atoms with Crippen LogP contribution in [0.15, 0.2) is 11.6 Å². The molecule has 20 atom stereocenters. The Hall–Kier alpha value is -1.23. The molecular formula is C41H64O13. The van der Waals surface area contributed by atoms with Crippen LogP contribution < -0.4 is 0 Å². The van der Waals surface area contributed by atoms with E-state index in [1.807, 2.05) is 6.92 Å². The van der Waals surface area contributed by atoms with Crippen molar-refractivity contribution < 1.29 is 63.5 Å². The number of aliphatic hydroxyl groups is 5. The molecule has 13 nitrogen and oxygen atoms in total. The van der Waals surface area contributed by atoms with Crippen LogP contribution >= 0.6 is 0 Å². The van der Waals surface area contributed by atoms with E-state index in [-0.39, 0.29) is 54.0 Å². The first-order valence-corrected chi connectivity index (χ1v) is 20.8. The molecule has 8 aliphatic rings. The zero-order valence-electron chi connectivity index (χ0n) is 32.6. The molecule has 13 heteroatoms. The Bertz CT molecular complexity index is 1370. The van der Waals surface area contributed by atoms with Crippen molar-refractivity contribution in [3.8, 4) is 0 Å². The number of carbonyl (C=O) groups excluding carboxylic acids is 1. The summed E-state index contributed by atoms with van der Waals surface area (Å²) in [7, 11) is 0. The molecular weight excluding hydrogens is 700 g/mol. The average molecular weight is 765 g/mol. The van der Waals surface area contributed by atoms with Crippen molar-refractivity contribution in [2.75, 3.05) is 6.61 Å². The summed E-state index contributed by atoms with van der Waals surface area (Å²) in [6, 6.07) is 0. The van der Waals surface area contributed by atoms with Crippen LogP contribution in [0.25, 0.3) is 0 Å². The van der Waals surface area contributed by atoms with Gasteiger partial charge in [-0.05, 0) is 113 Å². The van der Waals surface area contributed by atoms with Crippen molar-refractivity contribution in [2.45, 2.75) is 197 Å². The van der Waals surface area contributed by atoms with Crippen molar-refractivity contribution in [1.29, 1.82) is 0 Å². The van der Waals surface area contributed by atoms with E-state index in [9.17, 15) is 30.3 Å². The Labute approximate surface area is 319 Å². The van der Waals surface area contributed by atoms with Gasteiger partial charge in [0, 0.05) is 30.8 Å². The van der Waals surface area contributed by atoms with Crippen LogP contribution in [-0.2, 0) is 38.0 Å². The fraction of sp³-hybridized carbons (Fsp3) is 0.927. The van der Waals surface area contributed by atoms with Crippen LogP contribution in [0.4, 0.5) is 0 Å². The van der Waals surface area contributed by atoms with E-state index in [1.165, 1.54) is 0 Å². The number of rotatable bonds is 7. The number of aliphatic hydroxyl groups excluding tert-OH is 4. The van der Waals surface area contributed by atoms with Crippen molar-refractivity contribution in [1.82, 2.24) is 0 Å². The highest BCUT2D eigenvalue weighted by atomic mass is 16.7. The molecule has 0 aromatic rings. The summed E-state index contributed by atoms with van der Waals surface area (Å²) in [6.45, 7) is 10.4. The van der Waals surface area contributed by atoms with Crippen molar-refractivity contribution in [3.05, 3.63) is 11.6 Å².